The van der Waals surface area contributed by atoms with Crippen LogP contribution < -0.4 is 16.4 Å². The van der Waals surface area contributed by atoms with Gasteiger partial charge in [-0.3, -0.25) is 9.59 Å². The van der Waals surface area contributed by atoms with Crippen LogP contribution in [-0.2, 0) is 14.3 Å². The largest absolute Gasteiger partial charge is 0.392 e. The Morgan fingerprint density at radius 3 is 2.35 bits per heavy atom. The molecular weight excluding hydrogens is 242 g/mol. The molecule has 2 amide bonds. The highest BCUT2D eigenvalue weighted by Crippen LogP contribution is 2.01. The minimum atomic E-state index is -0.750. The fourth-order valence-corrected chi connectivity index (χ4v) is 1.13. The number of methoxy groups -OCH3 is 1. The van der Waals surface area contributed by atoms with Crippen molar-refractivity contribution in [1.29, 1.82) is 0 Å². The Balaban J connectivity index is 4.20. The van der Waals surface area contributed by atoms with Crippen molar-refractivity contribution in [2.75, 3.05) is 20.3 Å². The predicted octanol–water partition coefficient (Wildman–Crippen LogP) is -0.824. The number of thiocarbonyl (C=S) groups is 1. The van der Waals surface area contributed by atoms with Gasteiger partial charge in [-0.1, -0.05) is 26.1 Å². The number of carbonyl (C=O) groups is 2. The second kappa shape index (κ2) is 7.97. The van der Waals surface area contributed by atoms with Gasteiger partial charge in [-0.05, 0) is 5.92 Å². The van der Waals surface area contributed by atoms with Gasteiger partial charge in [-0.15, -0.1) is 0 Å². The molecule has 6 nitrogen and oxygen atoms in total. The average molecular weight is 261 g/mol. The Morgan fingerprint density at radius 2 is 1.94 bits per heavy atom. The van der Waals surface area contributed by atoms with E-state index in [1.807, 2.05) is 13.8 Å². The lowest BCUT2D eigenvalue weighted by atomic mass is 10.1. The molecule has 0 aromatic heterocycles. The molecule has 0 aliphatic heterocycles. The van der Waals surface area contributed by atoms with Gasteiger partial charge in [0.15, 0.2) is 0 Å². The number of nitrogens with one attached hydrogen (secondary N) is 2. The lowest BCUT2D eigenvalue weighted by Gasteiger charge is -2.21. The maximum absolute atomic E-state index is 11.5. The number of hydrogen-bond donors (Lipinski definition) is 3. The predicted molar refractivity (Wildman–Crippen MR) is 68.4 cm³/mol. The number of amides is 2. The van der Waals surface area contributed by atoms with E-state index in [2.05, 4.69) is 22.9 Å². The Hall–Kier alpha value is -1.21. The third-order valence-electron chi connectivity index (χ3n) is 2.10. The number of ether oxygens (including phenoxy) is 1. The van der Waals surface area contributed by atoms with Crippen LogP contribution in [0.3, 0.4) is 0 Å². The van der Waals surface area contributed by atoms with Crippen molar-refractivity contribution in [2.24, 2.45) is 11.7 Å². The summed E-state index contributed by atoms with van der Waals surface area (Å²) in [6.45, 7) is 4.22. The van der Waals surface area contributed by atoms with Gasteiger partial charge in [-0.25, -0.2) is 0 Å². The first-order chi connectivity index (χ1) is 7.88. The van der Waals surface area contributed by atoms with E-state index in [0.717, 1.165) is 0 Å². The zero-order valence-electron chi connectivity index (χ0n) is 10.3. The van der Waals surface area contributed by atoms with Crippen molar-refractivity contribution in [3.8, 4) is 0 Å². The van der Waals surface area contributed by atoms with E-state index < -0.39 is 11.8 Å². The highest BCUT2D eigenvalue weighted by atomic mass is 32.1. The topological polar surface area (TPSA) is 93.4 Å². The molecule has 1 unspecified atom stereocenters. The number of rotatable bonds is 6. The smallest absolute Gasteiger partial charge is 0.309 e. The molecule has 0 saturated carbocycles. The van der Waals surface area contributed by atoms with Crippen molar-refractivity contribution in [3.05, 3.63) is 0 Å². The Labute approximate surface area is 106 Å². The highest BCUT2D eigenvalue weighted by molar-refractivity contribution is 7.80. The molecule has 0 aliphatic rings. The summed E-state index contributed by atoms with van der Waals surface area (Å²) in [5.74, 6) is -1.29. The lowest BCUT2D eigenvalue weighted by Crippen LogP contribution is -2.49. The van der Waals surface area contributed by atoms with Gasteiger partial charge in [-0.2, -0.15) is 0 Å². The number of carbonyl (C=O) groups excluding carboxylic acids is 2. The molecule has 0 aromatic rings. The van der Waals surface area contributed by atoms with Gasteiger partial charge >= 0.3 is 11.8 Å². The molecule has 0 fully saturated rings. The standard InChI is InChI=1S/C10H19N3O3S/c1-6(2)7(5-16-3)13-10(15)9(14)12-4-8(11)17/h6-7H,4-5H2,1-3H3,(H2,11,17)(H,12,14)(H,13,15). The molecule has 0 radical (unpaired) electrons. The van der Waals surface area contributed by atoms with Gasteiger partial charge in [0, 0.05) is 7.11 Å². The van der Waals surface area contributed by atoms with E-state index in [-0.39, 0.29) is 23.5 Å². The Bertz CT molecular complexity index is 295. The summed E-state index contributed by atoms with van der Waals surface area (Å²) in [6.07, 6.45) is 0. The van der Waals surface area contributed by atoms with Crippen LogP contribution in [0.15, 0.2) is 0 Å². The molecule has 0 rings (SSSR count). The molecule has 4 N–H and O–H groups in total. The summed E-state index contributed by atoms with van der Waals surface area (Å²) in [5.41, 5.74) is 5.20. The van der Waals surface area contributed by atoms with Crippen LogP contribution in [0.2, 0.25) is 0 Å². The first-order valence-corrected chi connectivity index (χ1v) is 5.65. The first kappa shape index (κ1) is 15.8. The van der Waals surface area contributed by atoms with Crippen LogP contribution in [0.5, 0.6) is 0 Å². The third kappa shape index (κ3) is 6.85. The summed E-state index contributed by atoms with van der Waals surface area (Å²) in [5, 5.41) is 4.89. The maximum atomic E-state index is 11.5. The van der Waals surface area contributed by atoms with Gasteiger partial charge < -0.3 is 21.1 Å². The second-order valence-electron chi connectivity index (χ2n) is 3.93. The minimum Gasteiger partial charge on any atom is -0.392 e. The molecule has 0 spiro atoms. The van der Waals surface area contributed by atoms with Crippen LogP contribution in [0.25, 0.3) is 0 Å². The normalized spacial score (nSPS) is 12.0. The van der Waals surface area contributed by atoms with E-state index in [1.54, 1.807) is 0 Å². The van der Waals surface area contributed by atoms with Crippen molar-refractivity contribution in [1.82, 2.24) is 10.6 Å². The first-order valence-electron chi connectivity index (χ1n) is 5.24. The van der Waals surface area contributed by atoms with Crippen molar-refractivity contribution < 1.29 is 14.3 Å². The van der Waals surface area contributed by atoms with Gasteiger partial charge in [0.1, 0.15) is 0 Å². The molecule has 98 valence electrons. The average Bonchev–Trinajstić information content (AvgIpc) is 2.24. The molecular formula is C10H19N3O3S. The van der Waals surface area contributed by atoms with Crippen LogP contribution in [0.1, 0.15) is 13.8 Å². The van der Waals surface area contributed by atoms with E-state index in [9.17, 15) is 9.59 Å². The lowest BCUT2D eigenvalue weighted by molar-refractivity contribution is -0.139. The Kier molecular flexibility index (Phi) is 7.40. The summed E-state index contributed by atoms with van der Waals surface area (Å²) >= 11 is 4.58. The fraction of sp³-hybridized carbons (Fsp3) is 0.700. The number of nitrogens with two attached hydrogens (primary N) is 1. The highest BCUT2D eigenvalue weighted by Gasteiger charge is 2.20. The summed E-state index contributed by atoms with van der Waals surface area (Å²) in [7, 11) is 1.54. The van der Waals surface area contributed by atoms with E-state index >= 15 is 0 Å². The van der Waals surface area contributed by atoms with E-state index in [4.69, 9.17) is 10.5 Å². The monoisotopic (exact) mass is 261 g/mol. The van der Waals surface area contributed by atoms with E-state index in [0.29, 0.717) is 6.61 Å². The summed E-state index contributed by atoms with van der Waals surface area (Å²) in [6, 6.07) is -0.205. The second-order valence-corrected chi connectivity index (χ2v) is 4.45. The van der Waals surface area contributed by atoms with Gasteiger partial charge in [0.2, 0.25) is 0 Å². The van der Waals surface area contributed by atoms with E-state index in [1.165, 1.54) is 7.11 Å². The maximum Gasteiger partial charge on any atom is 0.309 e. The van der Waals surface area contributed by atoms with Crippen LogP contribution in [0, 0.1) is 5.92 Å². The molecule has 1 atom stereocenters. The molecule has 0 aliphatic carbocycles. The van der Waals surface area contributed by atoms with Crippen molar-refractivity contribution in [3.63, 3.8) is 0 Å². The molecule has 7 heteroatoms. The molecule has 0 bridgehead atoms. The van der Waals surface area contributed by atoms with Crippen LogP contribution >= 0.6 is 12.2 Å². The van der Waals surface area contributed by atoms with Gasteiger partial charge in [0.25, 0.3) is 0 Å². The fourth-order valence-electron chi connectivity index (χ4n) is 1.06. The molecule has 0 saturated heterocycles. The number of hydrogen-bond acceptors (Lipinski definition) is 4. The molecule has 0 aromatic carbocycles. The SMILES string of the molecule is COCC(NC(=O)C(=O)NCC(N)=S)C(C)C. The van der Waals surface area contributed by atoms with Gasteiger partial charge in [0.05, 0.1) is 24.2 Å². The van der Waals surface area contributed by atoms with Crippen molar-refractivity contribution >= 4 is 29.0 Å². The summed E-state index contributed by atoms with van der Waals surface area (Å²) in [4.78, 5) is 22.9. The zero-order chi connectivity index (χ0) is 13.4. The zero-order valence-corrected chi connectivity index (χ0v) is 11.1. The minimum absolute atomic E-state index is 0.0121. The Morgan fingerprint density at radius 1 is 1.35 bits per heavy atom. The van der Waals surface area contributed by atoms with Crippen LogP contribution in [0.4, 0.5) is 0 Å². The third-order valence-corrected chi connectivity index (χ3v) is 2.24. The molecule has 0 heterocycles. The summed E-state index contributed by atoms with van der Waals surface area (Å²) < 4.78 is 4.96. The molecule has 17 heavy (non-hydrogen) atoms. The quantitative estimate of drug-likeness (QED) is 0.429. The van der Waals surface area contributed by atoms with Crippen LogP contribution in [-0.4, -0.2) is 43.1 Å². The van der Waals surface area contributed by atoms with Crippen molar-refractivity contribution in [2.45, 2.75) is 19.9 Å².